The van der Waals surface area contributed by atoms with E-state index in [1.54, 1.807) is 48.5 Å². The smallest absolute Gasteiger partial charge is 0.306 e. The monoisotopic (exact) mass is 484 g/mol. The number of Topliss-reactive ketones (excluding diaryl/α,β-unsaturated/α-hetero) is 1. The number of pyridine rings is 1. The van der Waals surface area contributed by atoms with Crippen LogP contribution >= 0.6 is 11.6 Å². The molecule has 2 aromatic carbocycles. The molecule has 1 aromatic heterocycles. The molecular weight excluding hydrogens is 464 g/mol. The molecule has 0 N–H and O–H groups in total. The Morgan fingerprint density at radius 3 is 2.48 bits per heavy atom. The van der Waals surface area contributed by atoms with E-state index in [2.05, 4.69) is 4.98 Å². The van der Waals surface area contributed by atoms with E-state index in [1.807, 2.05) is 6.92 Å². The Morgan fingerprint density at radius 1 is 1.09 bits per heavy atom. The molecule has 0 radical (unpaired) electrons. The molecule has 4 rings (SSSR count). The van der Waals surface area contributed by atoms with E-state index < -0.39 is 33.7 Å². The Labute approximate surface area is 197 Å². The van der Waals surface area contributed by atoms with Gasteiger partial charge in [0.05, 0.1) is 24.1 Å². The molecule has 0 aliphatic carbocycles. The average molecular weight is 485 g/mol. The molecule has 7 nitrogen and oxygen atoms in total. The van der Waals surface area contributed by atoms with Gasteiger partial charge in [-0.1, -0.05) is 29.8 Å². The number of halogens is 1. The van der Waals surface area contributed by atoms with Crippen LogP contribution in [0.25, 0.3) is 0 Å². The lowest BCUT2D eigenvalue weighted by Gasteiger charge is -2.28. The molecule has 0 saturated heterocycles. The number of hydrogen-bond acceptors (Lipinski definition) is 6. The van der Waals surface area contributed by atoms with E-state index in [9.17, 15) is 18.0 Å². The number of esters is 1. The first-order valence-corrected chi connectivity index (χ1v) is 12.0. The highest BCUT2D eigenvalue weighted by molar-refractivity contribution is 7.93. The van der Waals surface area contributed by atoms with E-state index in [1.165, 1.54) is 25.4 Å². The number of methoxy groups -OCH3 is 1. The van der Waals surface area contributed by atoms with Crippen LogP contribution in [0.5, 0.6) is 0 Å². The molecule has 1 aliphatic rings. The normalized spacial score (nSPS) is 17.5. The third-order valence-corrected chi connectivity index (χ3v) is 7.66. The van der Waals surface area contributed by atoms with Gasteiger partial charge in [0.1, 0.15) is 11.7 Å². The van der Waals surface area contributed by atoms with Gasteiger partial charge < -0.3 is 4.74 Å². The zero-order chi connectivity index (χ0) is 23.8. The van der Waals surface area contributed by atoms with E-state index in [-0.39, 0.29) is 17.0 Å². The van der Waals surface area contributed by atoms with Crippen LogP contribution in [0.2, 0.25) is 5.02 Å². The third kappa shape index (κ3) is 4.24. The Morgan fingerprint density at radius 2 is 1.82 bits per heavy atom. The summed E-state index contributed by atoms with van der Waals surface area (Å²) >= 11 is 6.22. The Hall–Kier alpha value is -3.23. The average Bonchev–Trinajstić information content (AvgIpc) is 3.12. The van der Waals surface area contributed by atoms with Crippen molar-refractivity contribution in [3.05, 3.63) is 88.7 Å². The van der Waals surface area contributed by atoms with Gasteiger partial charge >= 0.3 is 5.97 Å². The zero-order valence-electron chi connectivity index (χ0n) is 17.9. The van der Waals surface area contributed by atoms with Gasteiger partial charge in [0.2, 0.25) is 5.78 Å². The maximum absolute atomic E-state index is 13.8. The molecule has 0 fully saturated rings. The predicted octanol–water partition coefficient (Wildman–Crippen LogP) is 4.15. The van der Waals surface area contributed by atoms with Crippen LogP contribution in [0, 0.1) is 6.92 Å². The SMILES string of the molecule is COC(=O)CC1c2cc(Cl)ccc2N(S(=O)(=O)c2ccccc2)C1C(=O)c1cc(C)ccn1. The number of anilines is 1. The number of aromatic nitrogens is 1. The molecule has 2 atom stereocenters. The summed E-state index contributed by atoms with van der Waals surface area (Å²) in [7, 11) is -2.92. The van der Waals surface area contributed by atoms with Crippen molar-refractivity contribution in [3.63, 3.8) is 0 Å². The van der Waals surface area contributed by atoms with Crippen molar-refractivity contribution in [3.8, 4) is 0 Å². The van der Waals surface area contributed by atoms with Crippen LogP contribution in [0.1, 0.15) is 34.0 Å². The Balaban J connectivity index is 1.95. The summed E-state index contributed by atoms with van der Waals surface area (Å²) in [6.07, 6.45) is 1.29. The Bertz CT molecular complexity index is 1330. The number of sulfonamides is 1. The number of rotatable bonds is 6. The van der Waals surface area contributed by atoms with Gasteiger partial charge in [-0.15, -0.1) is 0 Å². The summed E-state index contributed by atoms with van der Waals surface area (Å²) in [5, 5.41) is 0.363. The summed E-state index contributed by atoms with van der Waals surface area (Å²) in [6, 6.07) is 14.6. The predicted molar refractivity (Wildman–Crippen MR) is 124 cm³/mol. The highest BCUT2D eigenvalue weighted by Crippen LogP contribution is 2.47. The lowest BCUT2D eigenvalue weighted by molar-refractivity contribution is -0.141. The molecule has 2 heterocycles. The van der Waals surface area contributed by atoms with Crippen molar-refractivity contribution in [1.29, 1.82) is 0 Å². The molecule has 170 valence electrons. The molecule has 0 bridgehead atoms. The molecule has 1 aliphatic heterocycles. The van der Waals surface area contributed by atoms with Gasteiger partial charge in [-0.2, -0.15) is 0 Å². The fourth-order valence-corrected chi connectivity index (χ4v) is 5.96. The van der Waals surface area contributed by atoms with Crippen molar-refractivity contribution < 1.29 is 22.7 Å². The van der Waals surface area contributed by atoms with Gasteiger partial charge in [0.25, 0.3) is 10.0 Å². The number of fused-ring (bicyclic) bond motifs is 1. The molecule has 3 aromatic rings. The van der Waals surface area contributed by atoms with E-state index in [4.69, 9.17) is 16.3 Å². The number of aryl methyl sites for hydroxylation is 1. The Kier molecular flexibility index (Phi) is 6.23. The summed E-state index contributed by atoms with van der Waals surface area (Å²) in [6.45, 7) is 1.81. The number of benzene rings is 2. The topological polar surface area (TPSA) is 93.6 Å². The number of nitrogens with zero attached hydrogens (tertiary/aromatic N) is 2. The lowest BCUT2D eigenvalue weighted by atomic mass is 9.88. The molecule has 9 heteroatoms. The van der Waals surface area contributed by atoms with Gasteiger partial charge in [-0.05, 0) is 60.5 Å². The molecular formula is C24H21ClN2O5S. The summed E-state index contributed by atoms with van der Waals surface area (Å²) in [5.41, 5.74) is 1.69. The van der Waals surface area contributed by atoms with Gasteiger partial charge in [0, 0.05) is 17.1 Å². The van der Waals surface area contributed by atoms with Crippen molar-refractivity contribution >= 4 is 39.1 Å². The second-order valence-electron chi connectivity index (χ2n) is 7.73. The van der Waals surface area contributed by atoms with E-state index in [0.29, 0.717) is 16.3 Å². The summed E-state index contributed by atoms with van der Waals surface area (Å²) in [5.74, 6) is -1.89. The fraction of sp³-hybridized carbons (Fsp3) is 0.208. The highest BCUT2D eigenvalue weighted by Gasteiger charge is 2.49. The molecule has 0 amide bonds. The van der Waals surface area contributed by atoms with Crippen LogP contribution in [0.15, 0.2) is 71.8 Å². The first-order valence-electron chi connectivity index (χ1n) is 10.2. The first-order chi connectivity index (χ1) is 15.7. The van der Waals surface area contributed by atoms with Crippen LogP contribution in [0.4, 0.5) is 5.69 Å². The van der Waals surface area contributed by atoms with Crippen molar-refractivity contribution in [1.82, 2.24) is 4.98 Å². The van der Waals surface area contributed by atoms with Gasteiger partial charge in [-0.3, -0.25) is 18.9 Å². The van der Waals surface area contributed by atoms with Crippen molar-refractivity contribution in [2.45, 2.75) is 30.2 Å². The van der Waals surface area contributed by atoms with E-state index >= 15 is 0 Å². The minimum absolute atomic E-state index is 0.0274. The molecule has 2 unspecified atom stereocenters. The maximum Gasteiger partial charge on any atom is 0.306 e. The number of ketones is 1. The maximum atomic E-state index is 13.8. The lowest BCUT2D eigenvalue weighted by Crippen LogP contribution is -2.45. The van der Waals surface area contributed by atoms with Crippen LogP contribution in [0.3, 0.4) is 0 Å². The third-order valence-electron chi connectivity index (χ3n) is 5.61. The number of carbonyl (C=O) groups excluding carboxylic acids is 2. The zero-order valence-corrected chi connectivity index (χ0v) is 19.5. The first kappa shape index (κ1) is 22.9. The summed E-state index contributed by atoms with van der Waals surface area (Å²) in [4.78, 5) is 30.3. The standard InChI is InChI=1S/C24H21ClN2O5S/c1-15-10-11-26-20(12-15)24(29)23-19(14-22(28)32-2)18-13-16(25)8-9-21(18)27(23)33(30,31)17-6-4-3-5-7-17/h3-13,19,23H,14H2,1-2H3. The minimum atomic E-state index is -4.16. The fourth-order valence-electron chi connectivity index (χ4n) is 4.09. The highest BCUT2D eigenvalue weighted by atomic mass is 35.5. The largest absolute Gasteiger partial charge is 0.469 e. The molecule has 0 saturated carbocycles. The molecule has 0 spiro atoms. The summed E-state index contributed by atoms with van der Waals surface area (Å²) < 4.78 is 33.5. The minimum Gasteiger partial charge on any atom is -0.469 e. The van der Waals surface area contributed by atoms with Gasteiger partial charge in [0.15, 0.2) is 0 Å². The second-order valence-corrected chi connectivity index (χ2v) is 9.98. The number of hydrogen-bond donors (Lipinski definition) is 0. The number of ether oxygens (including phenoxy) is 1. The van der Waals surface area contributed by atoms with E-state index in [0.717, 1.165) is 9.87 Å². The number of carbonyl (C=O) groups is 2. The van der Waals surface area contributed by atoms with Crippen molar-refractivity contribution in [2.24, 2.45) is 0 Å². The van der Waals surface area contributed by atoms with Gasteiger partial charge in [-0.25, -0.2) is 8.42 Å². The molecule has 33 heavy (non-hydrogen) atoms. The quantitative estimate of drug-likeness (QED) is 0.385. The van der Waals surface area contributed by atoms with Crippen LogP contribution in [-0.4, -0.2) is 38.3 Å². The van der Waals surface area contributed by atoms with Crippen LogP contribution in [-0.2, 0) is 19.6 Å². The van der Waals surface area contributed by atoms with Crippen molar-refractivity contribution in [2.75, 3.05) is 11.4 Å². The second kappa shape index (κ2) is 8.96. The van der Waals surface area contributed by atoms with Crippen LogP contribution < -0.4 is 4.31 Å².